The Morgan fingerprint density at radius 1 is 1.21 bits per heavy atom. The molecule has 1 atom stereocenters. The third-order valence-electron chi connectivity index (χ3n) is 5.47. The van der Waals surface area contributed by atoms with Crippen molar-refractivity contribution in [1.29, 1.82) is 0 Å². The third-order valence-corrected chi connectivity index (χ3v) is 5.47. The molecule has 6 nitrogen and oxygen atoms in total. The molecule has 0 radical (unpaired) electrons. The van der Waals surface area contributed by atoms with Crippen molar-refractivity contribution in [3.63, 3.8) is 0 Å². The van der Waals surface area contributed by atoms with Gasteiger partial charge in [-0.25, -0.2) is 4.98 Å². The lowest BCUT2D eigenvalue weighted by Gasteiger charge is -2.35. The van der Waals surface area contributed by atoms with E-state index in [-0.39, 0.29) is 17.9 Å². The van der Waals surface area contributed by atoms with Crippen molar-refractivity contribution in [2.45, 2.75) is 51.5 Å². The average Bonchev–Trinajstić information content (AvgIpc) is 3.20. The van der Waals surface area contributed by atoms with Gasteiger partial charge in [0, 0.05) is 31.5 Å². The summed E-state index contributed by atoms with van der Waals surface area (Å²) in [6, 6.07) is 9.60. The number of hydrogen-bond donors (Lipinski definition) is 1. The minimum absolute atomic E-state index is 0.0354. The number of amides is 1. The normalized spacial score (nSPS) is 15.7. The fourth-order valence-corrected chi connectivity index (χ4v) is 3.62. The van der Waals surface area contributed by atoms with Crippen molar-refractivity contribution < 1.29 is 14.0 Å². The molecule has 0 aliphatic carbocycles. The predicted molar refractivity (Wildman–Crippen MR) is 112 cm³/mol. The molecule has 156 valence electrons. The van der Waals surface area contributed by atoms with Crippen molar-refractivity contribution in [3.05, 3.63) is 42.4 Å². The number of likely N-dealkylation sites (tertiary alicyclic amines) is 1. The molecule has 3 rings (SSSR count). The van der Waals surface area contributed by atoms with Crippen molar-refractivity contribution in [2.24, 2.45) is 5.92 Å². The molecule has 2 heterocycles. The first-order valence-corrected chi connectivity index (χ1v) is 10.6. The van der Waals surface area contributed by atoms with Gasteiger partial charge in [-0.3, -0.25) is 9.59 Å². The summed E-state index contributed by atoms with van der Waals surface area (Å²) >= 11 is 0. The molecule has 1 aliphatic heterocycles. The number of carbonyl (C=O) groups excluding carboxylic acids is 2. The number of carbonyl (C=O) groups is 2. The highest BCUT2D eigenvalue weighted by Crippen LogP contribution is 2.26. The second-order valence-electron chi connectivity index (χ2n) is 7.90. The highest BCUT2D eigenvalue weighted by Gasteiger charge is 2.32. The monoisotopic (exact) mass is 397 g/mol. The lowest BCUT2D eigenvalue weighted by Crippen LogP contribution is -2.52. The third kappa shape index (κ3) is 6.00. The lowest BCUT2D eigenvalue weighted by molar-refractivity contribution is -0.130. The Bertz CT molecular complexity index is 797. The summed E-state index contributed by atoms with van der Waals surface area (Å²) in [6.07, 6.45) is 6.48. The minimum Gasteiger partial charge on any atom is -0.438 e. The number of aromatic nitrogens is 1. The zero-order valence-corrected chi connectivity index (χ0v) is 17.4. The molecular weight excluding hydrogens is 366 g/mol. The number of benzene rings is 1. The first kappa shape index (κ1) is 21.2. The number of nitrogens with one attached hydrogen (secondary N) is 1. The Morgan fingerprint density at radius 2 is 1.97 bits per heavy atom. The van der Waals surface area contributed by atoms with Crippen LogP contribution in [0, 0.1) is 5.92 Å². The van der Waals surface area contributed by atoms with Gasteiger partial charge in [-0.1, -0.05) is 50.1 Å². The van der Waals surface area contributed by atoms with E-state index in [2.05, 4.69) is 15.2 Å². The maximum Gasteiger partial charge on any atom is 0.226 e. The standard InChI is InChI=1S/C23H31N3O3/c1-3-19(27)12-8-5-9-13-20(25-22(28)18-15-26(2)16-18)23-24-14-21(29-23)17-10-6-4-7-11-17/h4,6-7,10-11,14,18,20H,3,5,8-9,12-13,15-16H2,1-2H3,(H,25,28). The van der Waals surface area contributed by atoms with Crippen molar-refractivity contribution in [1.82, 2.24) is 15.2 Å². The van der Waals surface area contributed by atoms with Gasteiger partial charge in [-0.05, 0) is 19.9 Å². The molecule has 0 bridgehead atoms. The zero-order chi connectivity index (χ0) is 20.6. The maximum absolute atomic E-state index is 12.6. The summed E-state index contributed by atoms with van der Waals surface area (Å²) in [5, 5.41) is 3.14. The number of hydrogen-bond acceptors (Lipinski definition) is 5. The van der Waals surface area contributed by atoms with Gasteiger partial charge in [0.1, 0.15) is 11.8 Å². The molecule has 29 heavy (non-hydrogen) atoms. The van der Waals surface area contributed by atoms with E-state index in [0.29, 0.717) is 30.3 Å². The quantitative estimate of drug-likeness (QED) is 0.580. The molecule has 1 aliphatic rings. The van der Waals surface area contributed by atoms with Gasteiger partial charge in [0.2, 0.25) is 11.8 Å². The summed E-state index contributed by atoms with van der Waals surface area (Å²) < 4.78 is 6.01. The second kappa shape index (κ2) is 10.3. The first-order chi connectivity index (χ1) is 14.1. The molecule has 1 saturated heterocycles. The van der Waals surface area contributed by atoms with Crippen LogP contribution in [-0.2, 0) is 9.59 Å². The van der Waals surface area contributed by atoms with Crippen LogP contribution in [0.1, 0.15) is 57.4 Å². The van der Waals surface area contributed by atoms with Crippen LogP contribution < -0.4 is 5.32 Å². The van der Waals surface area contributed by atoms with Crippen LogP contribution >= 0.6 is 0 Å². The smallest absolute Gasteiger partial charge is 0.226 e. The van der Waals surface area contributed by atoms with Crippen molar-refractivity contribution >= 4 is 11.7 Å². The highest BCUT2D eigenvalue weighted by atomic mass is 16.4. The van der Waals surface area contributed by atoms with Crippen molar-refractivity contribution in [3.8, 4) is 11.3 Å². The molecule has 6 heteroatoms. The van der Waals surface area contributed by atoms with E-state index in [1.165, 1.54) is 0 Å². The molecular formula is C23H31N3O3. The van der Waals surface area contributed by atoms with E-state index < -0.39 is 0 Å². The van der Waals surface area contributed by atoms with E-state index in [1.54, 1.807) is 6.20 Å². The highest BCUT2D eigenvalue weighted by molar-refractivity contribution is 5.80. The van der Waals surface area contributed by atoms with E-state index in [4.69, 9.17) is 4.42 Å². The van der Waals surface area contributed by atoms with Gasteiger partial charge in [0.15, 0.2) is 5.76 Å². The molecule has 0 spiro atoms. The number of nitrogens with zero attached hydrogens (tertiary/aromatic N) is 2. The topological polar surface area (TPSA) is 75.4 Å². The molecule has 2 aromatic rings. The summed E-state index contributed by atoms with van der Waals surface area (Å²) in [7, 11) is 2.01. The average molecular weight is 398 g/mol. The number of Topliss-reactive ketones (excluding diaryl/α,β-unsaturated/α-hetero) is 1. The number of ketones is 1. The van der Waals surface area contributed by atoms with E-state index in [9.17, 15) is 9.59 Å². The van der Waals surface area contributed by atoms with Crippen LogP contribution in [0.2, 0.25) is 0 Å². The van der Waals surface area contributed by atoms with Crippen LogP contribution in [0.5, 0.6) is 0 Å². The Kier molecular flexibility index (Phi) is 7.58. The Balaban J connectivity index is 1.61. The van der Waals surface area contributed by atoms with Gasteiger partial charge >= 0.3 is 0 Å². The van der Waals surface area contributed by atoms with E-state index in [0.717, 1.165) is 44.3 Å². The summed E-state index contributed by atoms with van der Waals surface area (Å²) in [5.41, 5.74) is 0.968. The lowest BCUT2D eigenvalue weighted by atomic mass is 9.99. The van der Waals surface area contributed by atoms with E-state index >= 15 is 0 Å². The molecule has 1 unspecified atom stereocenters. The molecule has 1 aromatic carbocycles. The van der Waals surface area contributed by atoms with Crippen LogP contribution in [-0.4, -0.2) is 41.7 Å². The second-order valence-corrected chi connectivity index (χ2v) is 7.90. The summed E-state index contributed by atoms with van der Waals surface area (Å²) in [4.78, 5) is 30.7. The van der Waals surface area contributed by atoms with E-state index in [1.807, 2.05) is 44.3 Å². The van der Waals surface area contributed by atoms with Gasteiger partial charge in [0.05, 0.1) is 12.1 Å². The van der Waals surface area contributed by atoms with Crippen molar-refractivity contribution in [2.75, 3.05) is 20.1 Å². The molecule has 1 N–H and O–H groups in total. The van der Waals surface area contributed by atoms with Gasteiger partial charge < -0.3 is 14.6 Å². The summed E-state index contributed by atoms with van der Waals surface area (Å²) in [6.45, 7) is 3.48. The van der Waals surface area contributed by atoms with Gasteiger partial charge in [0.25, 0.3) is 0 Å². The predicted octanol–water partition coefficient (Wildman–Crippen LogP) is 3.99. The molecule has 1 amide bonds. The molecule has 1 aromatic heterocycles. The Morgan fingerprint density at radius 3 is 2.66 bits per heavy atom. The number of rotatable bonds is 11. The maximum atomic E-state index is 12.6. The Labute approximate surface area is 172 Å². The Hall–Kier alpha value is -2.47. The zero-order valence-electron chi connectivity index (χ0n) is 17.4. The van der Waals surface area contributed by atoms with Gasteiger partial charge in [-0.2, -0.15) is 0 Å². The molecule has 0 saturated carbocycles. The summed E-state index contributed by atoms with van der Waals surface area (Å²) in [5.74, 6) is 1.66. The number of oxazole rings is 1. The SMILES string of the molecule is CCC(=O)CCCCCC(NC(=O)C1CN(C)C1)c1ncc(-c2ccccc2)o1. The van der Waals surface area contributed by atoms with Crippen LogP contribution in [0.15, 0.2) is 40.9 Å². The van der Waals surface area contributed by atoms with Gasteiger partial charge in [-0.15, -0.1) is 0 Å². The van der Waals surface area contributed by atoms with Crippen LogP contribution in [0.3, 0.4) is 0 Å². The largest absolute Gasteiger partial charge is 0.438 e. The fraction of sp³-hybridized carbons (Fsp3) is 0.522. The van der Waals surface area contributed by atoms with Crippen LogP contribution in [0.25, 0.3) is 11.3 Å². The number of unbranched alkanes of at least 4 members (excludes halogenated alkanes) is 2. The molecule has 1 fully saturated rings. The first-order valence-electron chi connectivity index (χ1n) is 10.6. The fourth-order valence-electron chi connectivity index (χ4n) is 3.62. The minimum atomic E-state index is -0.243. The van der Waals surface area contributed by atoms with Crippen LogP contribution in [0.4, 0.5) is 0 Å².